The van der Waals surface area contributed by atoms with Gasteiger partial charge in [0.05, 0.1) is 12.2 Å². The Bertz CT molecular complexity index is 785. The number of hydrogen-bond donors (Lipinski definition) is 2. The van der Waals surface area contributed by atoms with Gasteiger partial charge in [0.25, 0.3) is 5.91 Å². The molecule has 2 bridgehead atoms. The van der Waals surface area contributed by atoms with Crippen molar-refractivity contribution in [1.29, 1.82) is 0 Å². The molecule has 1 heterocycles. The van der Waals surface area contributed by atoms with E-state index < -0.39 is 5.97 Å². The Labute approximate surface area is 146 Å². The molecule has 5 heteroatoms. The molecule has 0 unspecified atom stereocenters. The van der Waals surface area contributed by atoms with Gasteiger partial charge in [0.2, 0.25) is 0 Å². The van der Waals surface area contributed by atoms with E-state index in [0.717, 1.165) is 30.4 Å². The maximum absolute atomic E-state index is 12.2. The molecule has 0 aliphatic carbocycles. The van der Waals surface area contributed by atoms with Gasteiger partial charge in [-0.25, -0.2) is 4.79 Å². The predicted molar refractivity (Wildman–Crippen MR) is 94.3 cm³/mol. The van der Waals surface area contributed by atoms with Crippen molar-refractivity contribution in [2.24, 2.45) is 0 Å². The summed E-state index contributed by atoms with van der Waals surface area (Å²) in [5.41, 5.74) is 2.61. The number of rotatable bonds is 1. The Balaban J connectivity index is 1.97. The van der Waals surface area contributed by atoms with E-state index in [0.29, 0.717) is 30.9 Å². The van der Waals surface area contributed by atoms with Crippen molar-refractivity contribution in [1.82, 2.24) is 5.32 Å². The van der Waals surface area contributed by atoms with Crippen molar-refractivity contribution in [2.75, 3.05) is 13.2 Å². The van der Waals surface area contributed by atoms with E-state index >= 15 is 0 Å². The number of amides is 1. The quantitative estimate of drug-likeness (QED) is 0.836. The maximum Gasteiger partial charge on any atom is 0.335 e. The number of benzene rings is 2. The topological polar surface area (TPSA) is 75.6 Å². The Morgan fingerprint density at radius 1 is 1.08 bits per heavy atom. The second-order valence-electron chi connectivity index (χ2n) is 6.17. The first-order valence-electron chi connectivity index (χ1n) is 8.49. The van der Waals surface area contributed by atoms with Crippen molar-refractivity contribution in [3.63, 3.8) is 0 Å². The van der Waals surface area contributed by atoms with Crippen LogP contribution >= 0.6 is 0 Å². The monoisotopic (exact) mass is 339 g/mol. The normalized spacial score (nSPS) is 15.3. The molecular formula is C20H21NO4. The van der Waals surface area contributed by atoms with Crippen LogP contribution in [0.2, 0.25) is 0 Å². The molecule has 0 aromatic heterocycles. The summed E-state index contributed by atoms with van der Waals surface area (Å²) in [6.07, 6.45) is 3.27. The summed E-state index contributed by atoms with van der Waals surface area (Å²) in [4.78, 5) is 23.5. The Morgan fingerprint density at radius 2 is 1.96 bits per heavy atom. The molecule has 1 aliphatic rings. The lowest BCUT2D eigenvalue weighted by Crippen LogP contribution is -2.24. The largest absolute Gasteiger partial charge is 0.493 e. The van der Waals surface area contributed by atoms with Gasteiger partial charge < -0.3 is 15.2 Å². The molecule has 1 aliphatic heterocycles. The minimum atomic E-state index is -0.963. The van der Waals surface area contributed by atoms with E-state index in [9.17, 15) is 14.7 Å². The van der Waals surface area contributed by atoms with Gasteiger partial charge >= 0.3 is 5.97 Å². The molecule has 5 nitrogen and oxygen atoms in total. The van der Waals surface area contributed by atoms with Crippen LogP contribution in [0.5, 0.6) is 5.75 Å². The highest BCUT2D eigenvalue weighted by Crippen LogP contribution is 2.24. The van der Waals surface area contributed by atoms with Gasteiger partial charge in [-0.1, -0.05) is 12.1 Å². The summed E-state index contributed by atoms with van der Waals surface area (Å²) < 4.78 is 5.88. The molecule has 2 aromatic carbocycles. The van der Waals surface area contributed by atoms with Gasteiger partial charge in [-0.05, 0) is 60.7 Å². The molecule has 2 aromatic rings. The number of ether oxygens (including phenoxy) is 1. The van der Waals surface area contributed by atoms with E-state index in [-0.39, 0.29) is 11.5 Å². The van der Waals surface area contributed by atoms with E-state index in [2.05, 4.69) is 5.32 Å². The second-order valence-corrected chi connectivity index (χ2v) is 6.17. The highest BCUT2D eigenvalue weighted by molar-refractivity contribution is 5.94. The molecule has 130 valence electrons. The molecule has 0 saturated carbocycles. The third-order valence-electron chi connectivity index (χ3n) is 4.26. The van der Waals surface area contributed by atoms with Crippen molar-refractivity contribution >= 4 is 11.9 Å². The van der Waals surface area contributed by atoms with Crippen LogP contribution in [0.3, 0.4) is 0 Å². The summed E-state index contributed by atoms with van der Waals surface area (Å²) in [5.74, 6) is -0.332. The maximum atomic E-state index is 12.2. The molecule has 0 saturated heterocycles. The van der Waals surface area contributed by atoms with Gasteiger partial charge in [0.1, 0.15) is 5.75 Å². The summed E-state index contributed by atoms with van der Waals surface area (Å²) in [6.45, 7) is 1.23. The standard InChI is InChI=1S/C20H21NO4/c22-19-15-6-4-5-14(11-15)12-17-13-16(20(23)24)7-8-18(17)25-10-3-1-2-9-21-19/h4-8,11,13H,1-3,9-10,12H2,(H,21,22)(H,23,24). The molecule has 0 fully saturated rings. The lowest BCUT2D eigenvalue weighted by atomic mass is 10.00. The fourth-order valence-corrected chi connectivity index (χ4v) is 2.92. The first kappa shape index (κ1) is 17.0. The van der Waals surface area contributed by atoms with Gasteiger partial charge in [0.15, 0.2) is 0 Å². The Morgan fingerprint density at radius 3 is 2.80 bits per heavy atom. The van der Waals surface area contributed by atoms with Crippen molar-refractivity contribution in [3.8, 4) is 5.75 Å². The van der Waals surface area contributed by atoms with Crippen LogP contribution < -0.4 is 10.1 Å². The van der Waals surface area contributed by atoms with Crippen LogP contribution in [0.1, 0.15) is 51.1 Å². The van der Waals surface area contributed by atoms with Gasteiger partial charge in [-0.15, -0.1) is 0 Å². The average molecular weight is 339 g/mol. The van der Waals surface area contributed by atoms with E-state index in [1.165, 1.54) is 0 Å². The number of carboxylic acids is 1. The van der Waals surface area contributed by atoms with Crippen molar-refractivity contribution < 1.29 is 19.4 Å². The predicted octanol–water partition coefficient (Wildman–Crippen LogP) is 3.27. The van der Waals surface area contributed by atoms with Crippen LogP contribution in [0.4, 0.5) is 0 Å². The summed E-state index contributed by atoms with van der Waals surface area (Å²) in [5, 5.41) is 12.2. The molecule has 0 atom stereocenters. The number of fused-ring (bicyclic) bond motifs is 3. The minimum Gasteiger partial charge on any atom is -0.493 e. The smallest absolute Gasteiger partial charge is 0.335 e. The zero-order chi connectivity index (χ0) is 17.6. The minimum absolute atomic E-state index is 0.0744. The second kappa shape index (κ2) is 7.83. The van der Waals surface area contributed by atoms with Crippen molar-refractivity contribution in [3.05, 3.63) is 64.7 Å². The molecule has 25 heavy (non-hydrogen) atoms. The zero-order valence-corrected chi connectivity index (χ0v) is 14.0. The number of aromatic carboxylic acids is 1. The molecule has 3 rings (SSSR count). The lowest BCUT2D eigenvalue weighted by molar-refractivity contribution is 0.0696. The summed E-state index contributed by atoms with van der Waals surface area (Å²) in [7, 11) is 0. The van der Waals surface area contributed by atoms with Crippen molar-refractivity contribution in [2.45, 2.75) is 25.7 Å². The fourth-order valence-electron chi connectivity index (χ4n) is 2.92. The zero-order valence-electron chi connectivity index (χ0n) is 14.0. The van der Waals surface area contributed by atoms with Crippen LogP contribution in [-0.4, -0.2) is 30.1 Å². The van der Waals surface area contributed by atoms with Crippen LogP contribution in [0, 0.1) is 0 Å². The molecular weight excluding hydrogens is 318 g/mol. The number of hydrogen-bond acceptors (Lipinski definition) is 3. The van der Waals surface area contributed by atoms with E-state index in [1.807, 2.05) is 18.2 Å². The summed E-state index contributed by atoms with van der Waals surface area (Å²) >= 11 is 0. The highest BCUT2D eigenvalue weighted by Gasteiger charge is 2.12. The Kier molecular flexibility index (Phi) is 5.33. The first-order valence-corrected chi connectivity index (χ1v) is 8.49. The number of nitrogens with one attached hydrogen (secondary N) is 1. The summed E-state index contributed by atoms with van der Waals surface area (Å²) in [6, 6.07) is 12.3. The molecule has 2 N–H and O–H groups in total. The molecule has 0 spiro atoms. The first-order chi connectivity index (χ1) is 12.1. The Hall–Kier alpha value is -2.82. The third kappa shape index (κ3) is 4.38. The van der Waals surface area contributed by atoms with E-state index in [4.69, 9.17) is 4.74 Å². The molecule has 1 amide bonds. The fraction of sp³-hybridized carbons (Fsp3) is 0.300. The van der Waals surface area contributed by atoms with E-state index in [1.54, 1.807) is 24.3 Å². The van der Waals surface area contributed by atoms with Gasteiger partial charge in [-0.3, -0.25) is 4.79 Å². The van der Waals surface area contributed by atoms with Gasteiger partial charge in [0, 0.05) is 18.5 Å². The van der Waals surface area contributed by atoms with Gasteiger partial charge in [-0.2, -0.15) is 0 Å². The van der Waals surface area contributed by atoms with Crippen LogP contribution in [0.15, 0.2) is 42.5 Å². The molecule has 0 radical (unpaired) electrons. The van der Waals surface area contributed by atoms with Crippen LogP contribution in [-0.2, 0) is 6.42 Å². The third-order valence-corrected chi connectivity index (χ3v) is 4.26. The number of carboxylic acid groups (broad SMARTS) is 1. The number of carbonyl (C=O) groups is 2. The number of carbonyl (C=O) groups excluding carboxylic acids is 1. The SMILES string of the molecule is O=C(O)c1ccc2c(c1)Cc1cccc(c1)C(=O)NCCCCCO2. The van der Waals surface area contributed by atoms with Crippen LogP contribution in [0.25, 0.3) is 0 Å². The average Bonchev–Trinajstić information content (AvgIpc) is 2.61. The lowest BCUT2D eigenvalue weighted by Gasteiger charge is -2.14. The highest BCUT2D eigenvalue weighted by atomic mass is 16.5.